The van der Waals surface area contributed by atoms with Gasteiger partial charge in [-0.15, -0.1) is 0 Å². The fourth-order valence-electron chi connectivity index (χ4n) is 1.26. The standard InChI is InChI=1S/C9H16N2O6/c1-3-11(6(5-12)8(14)17-2)7(13)4-10-9(15)16/h6,10,12H,3-5H2,1-2H3,(H,15,16). The molecule has 1 unspecified atom stereocenters. The van der Waals surface area contributed by atoms with Gasteiger partial charge in [-0.2, -0.15) is 0 Å². The molecule has 0 fully saturated rings. The third kappa shape index (κ3) is 4.68. The molecule has 0 aromatic carbocycles. The van der Waals surface area contributed by atoms with E-state index in [1.165, 1.54) is 0 Å². The molecule has 0 saturated heterocycles. The Balaban J connectivity index is 4.61. The lowest BCUT2D eigenvalue weighted by Crippen LogP contribution is -2.50. The molecule has 2 amide bonds. The number of amides is 2. The van der Waals surface area contributed by atoms with Gasteiger partial charge in [0.15, 0.2) is 6.04 Å². The molecule has 0 spiro atoms. The van der Waals surface area contributed by atoms with Crippen molar-refractivity contribution in [2.45, 2.75) is 13.0 Å². The van der Waals surface area contributed by atoms with Gasteiger partial charge < -0.3 is 25.2 Å². The molecule has 0 aliphatic heterocycles. The van der Waals surface area contributed by atoms with Gasteiger partial charge in [-0.1, -0.05) is 0 Å². The first-order chi connectivity index (χ1) is 7.97. The fourth-order valence-corrected chi connectivity index (χ4v) is 1.26. The Bertz CT molecular complexity index is 293. The minimum absolute atomic E-state index is 0.153. The number of methoxy groups -OCH3 is 1. The minimum Gasteiger partial charge on any atom is -0.467 e. The number of carbonyl (C=O) groups excluding carboxylic acids is 2. The summed E-state index contributed by atoms with van der Waals surface area (Å²) in [7, 11) is 1.14. The van der Waals surface area contributed by atoms with E-state index in [0.29, 0.717) is 0 Å². The van der Waals surface area contributed by atoms with Crippen molar-refractivity contribution in [2.75, 3.05) is 26.8 Å². The number of likely N-dealkylation sites (N-methyl/N-ethyl adjacent to an activating group) is 1. The Hall–Kier alpha value is -1.83. The van der Waals surface area contributed by atoms with E-state index < -0.39 is 37.2 Å². The van der Waals surface area contributed by atoms with Crippen LogP contribution in [0.3, 0.4) is 0 Å². The maximum Gasteiger partial charge on any atom is 0.405 e. The molecule has 0 aromatic heterocycles. The van der Waals surface area contributed by atoms with Crippen LogP contribution in [-0.2, 0) is 14.3 Å². The lowest BCUT2D eigenvalue weighted by atomic mass is 10.2. The molecule has 0 aromatic rings. The molecule has 0 aliphatic rings. The van der Waals surface area contributed by atoms with E-state index in [1.807, 2.05) is 5.32 Å². The lowest BCUT2D eigenvalue weighted by Gasteiger charge is -2.27. The van der Waals surface area contributed by atoms with E-state index in [1.54, 1.807) is 6.92 Å². The van der Waals surface area contributed by atoms with Crippen LogP contribution in [0.2, 0.25) is 0 Å². The zero-order chi connectivity index (χ0) is 13.4. The number of hydrogen-bond donors (Lipinski definition) is 3. The van der Waals surface area contributed by atoms with Crippen molar-refractivity contribution in [2.24, 2.45) is 0 Å². The summed E-state index contributed by atoms with van der Waals surface area (Å²) in [6.45, 7) is 0.709. The summed E-state index contributed by atoms with van der Waals surface area (Å²) in [5.41, 5.74) is 0. The highest BCUT2D eigenvalue weighted by atomic mass is 16.5. The number of aliphatic hydroxyl groups is 1. The monoisotopic (exact) mass is 248 g/mol. The third-order valence-corrected chi connectivity index (χ3v) is 2.07. The van der Waals surface area contributed by atoms with Crippen molar-refractivity contribution in [3.8, 4) is 0 Å². The van der Waals surface area contributed by atoms with E-state index in [2.05, 4.69) is 4.74 Å². The number of nitrogens with one attached hydrogen (secondary N) is 1. The topological polar surface area (TPSA) is 116 Å². The van der Waals surface area contributed by atoms with Crippen molar-refractivity contribution in [1.82, 2.24) is 10.2 Å². The lowest BCUT2D eigenvalue weighted by molar-refractivity contribution is -0.154. The fraction of sp³-hybridized carbons (Fsp3) is 0.667. The third-order valence-electron chi connectivity index (χ3n) is 2.07. The highest BCUT2D eigenvalue weighted by Crippen LogP contribution is 2.01. The Kier molecular flexibility index (Phi) is 6.64. The van der Waals surface area contributed by atoms with Gasteiger partial charge in [0.05, 0.1) is 13.7 Å². The van der Waals surface area contributed by atoms with Crippen molar-refractivity contribution in [3.05, 3.63) is 0 Å². The van der Waals surface area contributed by atoms with Gasteiger partial charge in [0, 0.05) is 6.54 Å². The molecular weight excluding hydrogens is 232 g/mol. The summed E-state index contributed by atoms with van der Waals surface area (Å²) in [6.07, 6.45) is -1.34. The van der Waals surface area contributed by atoms with Crippen molar-refractivity contribution < 1.29 is 29.3 Å². The second-order valence-electron chi connectivity index (χ2n) is 3.06. The Morgan fingerprint density at radius 2 is 2.00 bits per heavy atom. The number of ether oxygens (including phenoxy) is 1. The van der Waals surface area contributed by atoms with Gasteiger partial charge >= 0.3 is 12.1 Å². The average molecular weight is 248 g/mol. The Morgan fingerprint density at radius 3 is 2.35 bits per heavy atom. The molecule has 0 bridgehead atoms. The molecule has 1 atom stereocenters. The summed E-state index contributed by atoms with van der Waals surface area (Å²) >= 11 is 0. The van der Waals surface area contributed by atoms with Crippen LogP contribution in [0.5, 0.6) is 0 Å². The van der Waals surface area contributed by atoms with E-state index in [4.69, 9.17) is 10.2 Å². The van der Waals surface area contributed by atoms with E-state index in [0.717, 1.165) is 12.0 Å². The number of nitrogens with zero attached hydrogens (tertiary/aromatic N) is 1. The van der Waals surface area contributed by atoms with E-state index in [9.17, 15) is 14.4 Å². The van der Waals surface area contributed by atoms with Gasteiger partial charge in [-0.3, -0.25) is 4.79 Å². The van der Waals surface area contributed by atoms with Crippen LogP contribution in [0, 0.1) is 0 Å². The Labute approximate surface area is 98.2 Å². The molecule has 98 valence electrons. The second-order valence-corrected chi connectivity index (χ2v) is 3.06. The molecule has 0 rings (SSSR count). The van der Waals surface area contributed by atoms with Crippen LogP contribution in [0.4, 0.5) is 4.79 Å². The van der Waals surface area contributed by atoms with Crippen LogP contribution in [0.15, 0.2) is 0 Å². The molecule has 0 saturated carbocycles. The first-order valence-corrected chi connectivity index (χ1v) is 4.92. The normalized spacial score (nSPS) is 11.5. The van der Waals surface area contributed by atoms with Gasteiger partial charge in [0.1, 0.15) is 6.54 Å². The predicted molar refractivity (Wildman–Crippen MR) is 56.3 cm³/mol. The smallest absolute Gasteiger partial charge is 0.405 e. The van der Waals surface area contributed by atoms with Crippen molar-refractivity contribution in [1.29, 1.82) is 0 Å². The highest BCUT2D eigenvalue weighted by molar-refractivity contribution is 5.87. The Morgan fingerprint density at radius 1 is 1.41 bits per heavy atom. The second kappa shape index (κ2) is 7.44. The number of hydrogen-bond acceptors (Lipinski definition) is 5. The predicted octanol–water partition coefficient (Wildman–Crippen LogP) is -1.36. The van der Waals surface area contributed by atoms with Crippen molar-refractivity contribution >= 4 is 18.0 Å². The number of carbonyl (C=O) groups is 3. The summed E-state index contributed by atoms with van der Waals surface area (Å²) < 4.78 is 4.43. The van der Waals surface area contributed by atoms with E-state index in [-0.39, 0.29) is 6.54 Å². The van der Waals surface area contributed by atoms with Gasteiger partial charge in [-0.05, 0) is 6.92 Å². The van der Waals surface area contributed by atoms with Crippen molar-refractivity contribution in [3.63, 3.8) is 0 Å². The number of carboxylic acid groups (broad SMARTS) is 1. The van der Waals surface area contributed by atoms with Crippen LogP contribution < -0.4 is 5.32 Å². The quantitative estimate of drug-likeness (QED) is 0.500. The number of esters is 1. The first kappa shape index (κ1) is 15.2. The zero-order valence-corrected chi connectivity index (χ0v) is 9.67. The minimum atomic E-state index is -1.34. The maximum absolute atomic E-state index is 11.6. The summed E-state index contributed by atoms with van der Waals surface area (Å²) in [5.74, 6) is -1.36. The SMILES string of the molecule is CCN(C(=O)CNC(=O)O)C(CO)C(=O)OC. The molecular formula is C9H16N2O6. The van der Waals surface area contributed by atoms with Gasteiger partial charge in [0.25, 0.3) is 0 Å². The number of aliphatic hydroxyl groups excluding tert-OH is 1. The molecule has 8 nitrogen and oxygen atoms in total. The molecule has 0 radical (unpaired) electrons. The molecule has 8 heteroatoms. The number of rotatable bonds is 6. The zero-order valence-electron chi connectivity index (χ0n) is 9.67. The maximum atomic E-state index is 11.6. The molecule has 0 aliphatic carbocycles. The van der Waals surface area contributed by atoms with Crippen LogP contribution in [-0.4, -0.2) is 65.9 Å². The highest BCUT2D eigenvalue weighted by Gasteiger charge is 2.28. The summed E-state index contributed by atoms with van der Waals surface area (Å²) in [4.78, 5) is 34.1. The van der Waals surface area contributed by atoms with Crippen LogP contribution in [0.1, 0.15) is 6.92 Å². The first-order valence-electron chi connectivity index (χ1n) is 4.92. The van der Waals surface area contributed by atoms with Gasteiger partial charge in [0.2, 0.25) is 5.91 Å². The van der Waals surface area contributed by atoms with Crippen LogP contribution in [0.25, 0.3) is 0 Å². The largest absolute Gasteiger partial charge is 0.467 e. The molecule has 0 heterocycles. The van der Waals surface area contributed by atoms with E-state index >= 15 is 0 Å². The van der Waals surface area contributed by atoms with Crippen LogP contribution >= 0.6 is 0 Å². The summed E-state index contributed by atoms with van der Waals surface area (Å²) in [6, 6.07) is -1.12. The molecule has 17 heavy (non-hydrogen) atoms. The summed E-state index contributed by atoms with van der Waals surface area (Å²) in [5, 5.41) is 19.3. The molecule has 3 N–H and O–H groups in total. The van der Waals surface area contributed by atoms with Gasteiger partial charge in [-0.25, -0.2) is 9.59 Å². The average Bonchev–Trinajstić information content (AvgIpc) is 2.31.